The summed E-state index contributed by atoms with van der Waals surface area (Å²) < 4.78 is 11.4. The molecule has 3 heterocycles. The molecule has 1 N–H and O–H groups in total. The summed E-state index contributed by atoms with van der Waals surface area (Å²) in [7, 11) is 0. The van der Waals surface area contributed by atoms with Crippen molar-refractivity contribution < 1.29 is 14.3 Å². The van der Waals surface area contributed by atoms with Gasteiger partial charge in [0.05, 0.1) is 0 Å². The van der Waals surface area contributed by atoms with Crippen LogP contribution in [0.3, 0.4) is 0 Å². The Morgan fingerprint density at radius 1 is 1.25 bits per heavy atom. The molecule has 0 radical (unpaired) electrons. The normalized spacial score (nSPS) is 31.2. The van der Waals surface area contributed by atoms with Crippen LogP contribution in [0.1, 0.15) is 6.42 Å². The van der Waals surface area contributed by atoms with E-state index in [1.54, 1.807) is 0 Å². The monoisotopic (exact) mass is 274 g/mol. The fourth-order valence-electron chi connectivity index (χ4n) is 3.37. The predicted octanol–water partition coefficient (Wildman–Crippen LogP) is 0.647. The van der Waals surface area contributed by atoms with Crippen LogP contribution in [0.25, 0.3) is 0 Å². The van der Waals surface area contributed by atoms with Crippen molar-refractivity contribution in [1.82, 2.24) is 10.2 Å². The number of nitrogens with one attached hydrogen (secondary N) is 1. The largest absolute Gasteiger partial charge is 0.485 e. The van der Waals surface area contributed by atoms with Crippen LogP contribution >= 0.6 is 0 Å². The van der Waals surface area contributed by atoms with E-state index in [0.29, 0.717) is 24.3 Å². The van der Waals surface area contributed by atoms with Gasteiger partial charge in [0.25, 0.3) is 5.91 Å². The number of hydrogen-bond donors (Lipinski definition) is 1. The number of fused-ring (bicyclic) bond motifs is 2. The molecule has 1 aromatic carbocycles. The van der Waals surface area contributed by atoms with Crippen LogP contribution < -0.4 is 14.8 Å². The lowest BCUT2D eigenvalue weighted by atomic mass is 10.1. The first kappa shape index (κ1) is 12.0. The van der Waals surface area contributed by atoms with E-state index in [4.69, 9.17) is 9.47 Å². The highest BCUT2D eigenvalue weighted by atomic mass is 16.6. The standard InChI is InChI=1S/C15H18N2O3/c18-15(17-7-10-5-6-16-11(10)8-17)14-9-19-12-3-1-2-4-13(12)20-14/h1-4,10-11,14,16H,5-9H2/t10-,11+,14?/m0/s1. The molecule has 0 spiro atoms. The Kier molecular flexibility index (Phi) is 2.80. The Balaban J connectivity index is 1.45. The minimum absolute atomic E-state index is 0.0516. The average molecular weight is 274 g/mol. The van der Waals surface area contributed by atoms with E-state index >= 15 is 0 Å². The molecule has 106 valence electrons. The quantitative estimate of drug-likeness (QED) is 0.817. The number of para-hydroxylation sites is 2. The highest BCUT2D eigenvalue weighted by molar-refractivity contribution is 5.82. The molecule has 20 heavy (non-hydrogen) atoms. The second kappa shape index (κ2) is 4.66. The Hall–Kier alpha value is -1.75. The molecule has 3 aliphatic rings. The number of benzene rings is 1. The average Bonchev–Trinajstić information content (AvgIpc) is 3.07. The SMILES string of the molecule is O=C(C1COc2ccccc2O1)N1C[C@@H]2CCN[C@@H]2C1. The molecular weight excluding hydrogens is 256 g/mol. The van der Waals surface area contributed by atoms with Gasteiger partial charge in [0.1, 0.15) is 6.61 Å². The first-order valence-corrected chi connectivity index (χ1v) is 7.22. The van der Waals surface area contributed by atoms with Gasteiger partial charge in [-0.25, -0.2) is 0 Å². The Bertz CT molecular complexity index is 522. The zero-order valence-corrected chi connectivity index (χ0v) is 11.2. The molecule has 0 aliphatic carbocycles. The molecule has 0 bridgehead atoms. The van der Waals surface area contributed by atoms with E-state index in [2.05, 4.69) is 5.32 Å². The molecule has 0 aromatic heterocycles. The summed E-state index contributed by atoms with van der Waals surface area (Å²) in [5, 5.41) is 3.46. The van der Waals surface area contributed by atoms with Crippen molar-refractivity contribution in [1.29, 1.82) is 0 Å². The zero-order valence-electron chi connectivity index (χ0n) is 11.2. The number of carbonyl (C=O) groups is 1. The summed E-state index contributed by atoms with van der Waals surface area (Å²) in [5.41, 5.74) is 0. The van der Waals surface area contributed by atoms with E-state index in [-0.39, 0.29) is 5.91 Å². The summed E-state index contributed by atoms with van der Waals surface area (Å²) in [5.74, 6) is 2.04. The number of likely N-dealkylation sites (tertiary alicyclic amines) is 1. The van der Waals surface area contributed by atoms with Crippen molar-refractivity contribution in [2.45, 2.75) is 18.6 Å². The van der Waals surface area contributed by atoms with Gasteiger partial charge >= 0.3 is 0 Å². The van der Waals surface area contributed by atoms with Gasteiger partial charge in [0.15, 0.2) is 11.5 Å². The first-order chi connectivity index (χ1) is 9.81. The van der Waals surface area contributed by atoms with Crippen LogP contribution in [0, 0.1) is 5.92 Å². The van der Waals surface area contributed by atoms with Gasteiger partial charge < -0.3 is 19.7 Å². The molecule has 0 saturated carbocycles. The van der Waals surface area contributed by atoms with Gasteiger partial charge in [-0.2, -0.15) is 0 Å². The van der Waals surface area contributed by atoms with Crippen LogP contribution in [0.5, 0.6) is 11.5 Å². The number of hydrogen-bond acceptors (Lipinski definition) is 4. The summed E-state index contributed by atoms with van der Waals surface area (Å²) in [6, 6.07) is 7.96. The summed E-state index contributed by atoms with van der Waals surface area (Å²) in [6.07, 6.45) is 0.656. The van der Waals surface area contributed by atoms with E-state index in [1.165, 1.54) is 6.42 Å². The van der Waals surface area contributed by atoms with Crippen LogP contribution in [-0.4, -0.2) is 49.2 Å². The fraction of sp³-hybridized carbons (Fsp3) is 0.533. The molecular formula is C15H18N2O3. The lowest BCUT2D eigenvalue weighted by Crippen LogP contribution is -2.46. The van der Waals surface area contributed by atoms with Crippen molar-refractivity contribution in [3.8, 4) is 11.5 Å². The smallest absolute Gasteiger partial charge is 0.267 e. The predicted molar refractivity (Wildman–Crippen MR) is 72.8 cm³/mol. The number of nitrogens with zero attached hydrogens (tertiary/aromatic N) is 1. The lowest BCUT2D eigenvalue weighted by molar-refractivity contribution is -0.140. The van der Waals surface area contributed by atoms with Gasteiger partial charge in [-0.1, -0.05) is 12.1 Å². The van der Waals surface area contributed by atoms with Crippen LogP contribution in [0.15, 0.2) is 24.3 Å². The molecule has 3 aliphatic heterocycles. The van der Waals surface area contributed by atoms with Crippen LogP contribution in [0.2, 0.25) is 0 Å². The lowest BCUT2D eigenvalue weighted by Gasteiger charge is -2.29. The molecule has 2 fully saturated rings. The summed E-state index contributed by atoms with van der Waals surface area (Å²) in [6.45, 7) is 3.02. The number of carbonyl (C=O) groups excluding carboxylic acids is 1. The second-order valence-corrected chi connectivity index (χ2v) is 5.72. The van der Waals surface area contributed by atoms with Crippen molar-refractivity contribution in [2.75, 3.05) is 26.2 Å². The van der Waals surface area contributed by atoms with Crippen LogP contribution in [0.4, 0.5) is 0 Å². The Morgan fingerprint density at radius 3 is 2.95 bits per heavy atom. The van der Waals surface area contributed by atoms with Crippen molar-refractivity contribution >= 4 is 5.91 Å². The molecule has 1 unspecified atom stereocenters. The number of ether oxygens (including phenoxy) is 2. The van der Waals surface area contributed by atoms with Crippen molar-refractivity contribution in [3.05, 3.63) is 24.3 Å². The highest BCUT2D eigenvalue weighted by Crippen LogP contribution is 2.32. The topological polar surface area (TPSA) is 50.8 Å². The summed E-state index contributed by atoms with van der Waals surface area (Å²) >= 11 is 0. The van der Waals surface area contributed by atoms with Gasteiger partial charge in [-0.05, 0) is 31.0 Å². The molecule has 1 amide bonds. The van der Waals surface area contributed by atoms with E-state index < -0.39 is 6.10 Å². The zero-order chi connectivity index (χ0) is 13.5. The molecule has 5 heteroatoms. The number of amides is 1. The molecule has 1 aromatic rings. The second-order valence-electron chi connectivity index (χ2n) is 5.72. The first-order valence-electron chi connectivity index (χ1n) is 7.22. The van der Waals surface area contributed by atoms with Crippen LogP contribution in [-0.2, 0) is 4.79 Å². The Labute approximate surface area is 117 Å². The van der Waals surface area contributed by atoms with E-state index in [9.17, 15) is 4.79 Å². The summed E-state index contributed by atoms with van der Waals surface area (Å²) in [4.78, 5) is 14.5. The maximum atomic E-state index is 12.5. The van der Waals surface area contributed by atoms with E-state index in [0.717, 1.165) is 25.4 Å². The third kappa shape index (κ3) is 1.93. The third-order valence-corrected chi connectivity index (χ3v) is 4.46. The van der Waals surface area contributed by atoms with Crippen molar-refractivity contribution in [3.63, 3.8) is 0 Å². The number of rotatable bonds is 1. The maximum Gasteiger partial charge on any atom is 0.267 e. The van der Waals surface area contributed by atoms with Gasteiger partial charge in [-0.15, -0.1) is 0 Å². The Morgan fingerprint density at radius 2 is 2.10 bits per heavy atom. The third-order valence-electron chi connectivity index (χ3n) is 4.46. The molecule has 2 saturated heterocycles. The van der Waals surface area contributed by atoms with Gasteiger partial charge in [0, 0.05) is 19.1 Å². The molecule has 3 atom stereocenters. The minimum Gasteiger partial charge on any atom is -0.485 e. The van der Waals surface area contributed by atoms with Gasteiger partial charge in [-0.3, -0.25) is 4.79 Å². The minimum atomic E-state index is -0.510. The van der Waals surface area contributed by atoms with Gasteiger partial charge in [0.2, 0.25) is 6.10 Å². The van der Waals surface area contributed by atoms with E-state index in [1.807, 2.05) is 29.2 Å². The maximum absolute atomic E-state index is 12.5. The fourth-order valence-corrected chi connectivity index (χ4v) is 3.37. The highest BCUT2D eigenvalue weighted by Gasteiger charge is 2.41. The molecule has 4 rings (SSSR count). The molecule has 5 nitrogen and oxygen atoms in total. The van der Waals surface area contributed by atoms with Crippen molar-refractivity contribution in [2.24, 2.45) is 5.92 Å².